The van der Waals surface area contributed by atoms with Crippen molar-refractivity contribution in [3.8, 4) is 11.3 Å². The molecule has 0 aliphatic carbocycles. The van der Waals surface area contributed by atoms with E-state index in [0.717, 1.165) is 44.0 Å². The predicted octanol–water partition coefficient (Wildman–Crippen LogP) is 9.26. The fourth-order valence-corrected chi connectivity index (χ4v) is 5.64. The van der Waals surface area contributed by atoms with Crippen LogP contribution < -0.4 is 0 Å². The Morgan fingerprint density at radius 2 is 1.09 bits per heavy atom. The van der Waals surface area contributed by atoms with Crippen molar-refractivity contribution in [3.63, 3.8) is 0 Å². The van der Waals surface area contributed by atoms with E-state index in [-0.39, 0.29) is 0 Å². The van der Waals surface area contributed by atoms with Crippen molar-refractivity contribution < 1.29 is 4.42 Å². The van der Waals surface area contributed by atoms with Crippen LogP contribution in [0.5, 0.6) is 0 Å². The molecule has 8 rings (SSSR count). The highest BCUT2D eigenvalue weighted by Crippen LogP contribution is 2.38. The number of aromatic nitrogens is 1. The Balaban J connectivity index is 1.38. The summed E-state index contributed by atoms with van der Waals surface area (Å²) in [5.41, 5.74) is 3.87. The van der Waals surface area contributed by atoms with Gasteiger partial charge in [0, 0.05) is 33.3 Å². The van der Waals surface area contributed by atoms with Gasteiger partial charge in [-0.1, -0.05) is 84.9 Å². The quantitative estimate of drug-likeness (QED) is 0.235. The van der Waals surface area contributed by atoms with Crippen LogP contribution in [0.25, 0.3) is 76.3 Å². The minimum atomic E-state index is 0.888. The molecule has 0 fully saturated rings. The summed E-state index contributed by atoms with van der Waals surface area (Å²) in [6.45, 7) is 0. The van der Waals surface area contributed by atoms with Crippen LogP contribution in [0.4, 0.5) is 0 Å². The molecule has 2 heteroatoms. The zero-order valence-corrected chi connectivity index (χ0v) is 18.8. The van der Waals surface area contributed by atoms with E-state index in [0.29, 0.717) is 0 Å². The number of hydrogen-bond acceptors (Lipinski definition) is 2. The van der Waals surface area contributed by atoms with Crippen molar-refractivity contribution in [1.82, 2.24) is 4.98 Å². The molecule has 0 aliphatic rings. The molecule has 0 saturated carbocycles. The first-order valence-electron chi connectivity index (χ1n) is 11.9. The van der Waals surface area contributed by atoms with Gasteiger partial charge >= 0.3 is 0 Å². The van der Waals surface area contributed by atoms with Gasteiger partial charge in [-0.3, -0.25) is 4.98 Å². The minimum Gasteiger partial charge on any atom is -0.455 e. The first kappa shape index (κ1) is 18.7. The van der Waals surface area contributed by atoms with Gasteiger partial charge in [-0.05, 0) is 56.6 Å². The van der Waals surface area contributed by atoms with E-state index in [1.807, 2.05) is 6.20 Å². The van der Waals surface area contributed by atoms with E-state index < -0.39 is 0 Å². The minimum absolute atomic E-state index is 0.888. The highest BCUT2D eigenvalue weighted by molar-refractivity contribution is 6.19. The fourth-order valence-electron chi connectivity index (χ4n) is 5.64. The topological polar surface area (TPSA) is 26.0 Å². The Hall–Kier alpha value is -4.69. The van der Waals surface area contributed by atoms with Crippen LogP contribution >= 0.6 is 0 Å². The summed E-state index contributed by atoms with van der Waals surface area (Å²) in [7, 11) is 0. The van der Waals surface area contributed by atoms with Crippen LogP contribution in [0.3, 0.4) is 0 Å². The average Bonchev–Trinajstić information content (AvgIpc) is 3.31. The zero-order chi connectivity index (χ0) is 22.9. The molecule has 2 aromatic heterocycles. The zero-order valence-electron chi connectivity index (χ0n) is 18.8. The van der Waals surface area contributed by atoms with Gasteiger partial charge in [0.25, 0.3) is 0 Å². The van der Waals surface area contributed by atoms with E-state index >= 15 is 0 Å². The molecule has 35 heavy (non-hydrogen) atoms. The van der Waals surface area contributed by atoms with Gasteiger partial charge in [0.05, 0.1) is 5.69 Å². The number of fused-ring (bicyclic) bond motifs is 10. The van der Waals surface area contributed by atoms with Crippen LogP contribution in [-0.2, 0) is 0 Å². The Morgan fingerprint density at radius 3 is 1.97 bits per heavy atom. The lowest BCUT2D eigenvalue weighted by Gasteiger charge is -2.10. The number of pyridine rings is 1. The number of rotatable bonds is 1. The molecule has 0 atom stereocenters. The van der Waals surface area contributed by atoms with Crippen molar-refractivity contribution in [2.24, 2.45) is 0 Å². The molecule has 0 radical (unpaired) electrons. The van der Waals surface area contributed by atoms with Crippen LogP contribution in [0, 0.1) is 0 Å². The van der Waals surface area contributed by atoms with Crippen molar-refractivity contribution in [3.05, 3.63) is 115 Å². The fraction of sp³-hybridized carbons (Fsp3) is 0. The van der Waals surface area contributed by atoms with E-state index in [9.17, 15) is 0 Å². The number of benzene rings is 6. The van der Waals surface area contributed by atoms with Crippen molar-refractivity contribution in [2.75, 3.05) is 0 Å². The Labute approximate surface area is 201 Å². The maximum absolute atomic E-state index is 6.43. The van der Waals surface area contributed by atoms with Gasteiger partial charge in [0.1, 0.15) is 11.2 Å². The third-order valence-electron chi connectivity index (χ3n) is 7.30. The standard InChI is InChI=1S/C33H19NO/c1-3-7-23-20(5-1)9-12-26-25(23)15-16-29-27(26)17-18-34-32(29)22-11-13-28-30-14-10-21-6-2-4-8-24(21)33(30)35-31(28)19-22/h1-19H. The Bertz CT molecular complexity index is 2120. The Morgan fingerprint density at radius 1 is 0.457 bits per heavy atom. The van der Waals surface area contributed by atoms with E-state index in [2.05, 4.69) is 109 Å². The Kier molecular flexibility index (Phi) is 3.69. The SMILES string of the molecule is c1ccc2c(c1)ccc1c3ccnc(-c4ccc5c(c4)oc4c6ccccc6ccc54)c3ccc21. The number of nitrogens with zero attached hydrogens (tertiary/aromatic N) is 1. The molecule has 0 N–H and O–H groups in total. The van der Waals surface area contributed by atoms with Crippen LogP contribution in [0.1, 0.15) is 0 Å². The molecule has 162 valence electrons. The molecule has 2 heterocycles. The van der Waals surface area contributed by atoms with Gasteiger partial charge in [0.2, 0.25) is 0 Å². The molecule has 8 aromatic rings. The first-order valence-corrected chi connectivity index (χ1v) is 11.9. The third kappa shape index (κ3) is 2.62. The summed E-state index contributed by atoms with van der Waals surface area (Å²) < 4.78 is 6.43. The van der Waals surface area contributed by atoms with Gasteiger partial charge in [-0.2, -0.15) is 0 Å². The smallest absolute Gasteiger partial charge is 0.143 e. The van der Waals surface area contributed by atoms with E-state index in [1.165, 1.54) is 32.3 Å². The number of furan rings is 1. The summed E-state index contributed by atoms with van der Waals surface area (Å²) in [5, 5.41) is 12.0. The molecular formula is C33H19NO. The van der Waals surface area contributed by atoms with Gasteiger partial charge in [-0.25, -0.2) is 0 Å². The number of hydrogen-bond donors (Lipinski definition) is 0. The van der Waals surface area contributed by atoms with Crippen LogP contribution in [-0.4, -0.2) is 4.98 Å². The monoisotopic (exact) mass is 445 g/mol. The van der Waals surface area contributed by atoms with Crippen molar-refractivity contribution in [2.45, 2.75) is 0 Å². The normalized spacial score (nSPS) is 12.0. The largest absolute Gasteiger partial charge is 0.455 e. The van der Waals surface area contributed by atoms with Gasteiger partial charge in [-0.15, -0.1) is 0 Å². The molecule has 0 spiro atoms. The maximum atomic E-state index is 6.43. The summed E-state index contributed by atoms with van der Waals surface area (Å²) in [6.07, 6.45) is 1.92. The summed E-state index contributed by atoms with van der Waals surface area (Å²) in [4.78, 5) is 4.82. The summed E-state index contributed by atoms with van der Waals surface area (Å²) in [5.74, 6) is 0. The van der Waals surface area contributed by atoms with Crippen LogP contribution in [0.15, 0.2) is 120 Å². The van der Waals surface area contributed by atoms with Crippen LogP contribution in [0.2, 0.25) is 0 Å². The molecule has 0 saturated heterocycles. The van der Waals surface area contributed by atoms with Crippen molar-refractivity contribution in [1.29, 1.82) is 0 Å². The molecule has 2 nitrogen and oxygen atoms in total. The second kappa shape index (κ2) is 6.91. The van der Waals surface area contributed by atoms with Gasteiger partial charge < -0.3 is 4.42 Å². The molecule has 0 unspecified atom stereocenters. The molecule has 0 bridgehead atoms. The first-order chi connectivity index (χ1) is 17.3. The lowest BCUT2D eigenvalue weighted by molar-refractivity contribution is 0.673. The van der Waals surface area contributed by atoms with E-state index in [4.69, 9.17) is 9.40 Å². The second-order valence-corrected chi connectivity index (χ2v) is 9.18. The molecule has 6 aromatic carbocycles. The summed E-state index contributed by atoms with van der Waals surface area (Å²) >= 11 is 0. The molecular weight excluding hydrogens is 426 g/mol. The predicted molar refractivity (Wildman–Crippen MR) is 147 cm³/mol. The van der Waals surface area contributed by atoms with Gasteiger partial charge in [0.15, 0.2) is 0 Å². The lowest BCUT2D eigenvalue weighted by atomic mass is 9.95. The summed E-state index contributed by atoms with van der Waals surface area (Å²) in [6, 6.07) is 38.8. The molecule has 0 amide bonds. The lowest BCUT2D eigenvalue weighted by Crippen LogP contribution is -1.88. The van der Waals surface area contributed by atoms with Crippen molar-refractivity contribution >= 4 is 65.0 Å². The third-order valence-corrected chi connectivity index (χ3v) is 7.30. The molecule has 0 aliphatic heterocycles. The van der Waals surface area contributed by atoms with E-state index in [1.54, 1.807) is 0 Å². The second-order valence-electron chi connectivity index (χ2n) is 9.18. The average molecular weight is 446 g/mol. The maximum Gasteiger partial charge on any atom is 0.143 e. The highest BCUT2D eigenvalue weighted by atomic mass is 16.3. The highest BCUT2D eigenvalue weighted by Gasteiger charge is 2.14.